The first-order valence-corrected chi connectivity index (χ1v) is 6.56. The Balaban J connectivity index is 0.000000131. The Bertz CT molecular complexity index is 848. The first-order valence-electron chi connectivity index (χ1n) is 6.15. The lowest BCUT2D eigenvalue weighted by molar-refractivity contribution is 0.786. The molecule has 4 rings (SSSR count). The molecule has 0 aliphatic heterocycles. The zero-order valence-corrected chi connectivity index (χ0v) is 11.7. The fraction of sp³-hybridized carbons (Fsp3) is 0. The third-order valence-electron chi connectivity index (χ3n) is 2.71. The van der Waals surface area contributed by atoms with Gasteiger partial charge in [-0.25, -0.2) is 4.68 Å². The molecular weight excluding hydrogens is 286 g/mol. The fourth-order valence-corrected chi connectivity index (χ4v) is 1.92. The number of aromatic nitrogens is 7. The van der Waals surface area contributed by atoms with Crippen LogP contribution < -0.4 is 0 Å². The number of aromatic amines is 2. The Morgan fingerprint density at radius 1 is 0.857 bits per heavy atom. The van der Waals surface area contributed by atoms with Crippen molar-refractivity contribution >= 4 is 23.3 Å². The van der Waals surface area contributed by atoms with Crippen molar-refractivity contribution in [2.75, 3.05) is 0 Å². The Labute approximate surface area is 124 Å². The van der Waals surface area contributed by atoms with Gasteiger partial charge >= 0.3 is 0 Å². The van der Waals surface area contributed by atoms with Gasteiger partial charge in [0.05, 0.1) is 5.69 Å². The molecule has 7 nitrogen and oxygen atoms in total. The van der Waals surface area contributed by atoms with Crippen LogP contribution in [0, 0.1) is 4.77 Å². The van der Waals surface area contributed by atoms with Gasteiger partial charge in [-0.3, -0.25) is 0 Å². The molecule has 0 fully saturated rings. The number of rotatable bonds is 1. The summed E-state index contributed by atoms with van der Waals surface area (Å²) < 4.78 is 2.07. The average Bonchev–Trinajstić information content (AvgIpc) is 3.17. The molecule has 0 atom stereocenters. The highest BCUT2D eigenvalue weighted by molar-refractivity contribution is 7.71. The van der Waals surface area contributed by atoms with E-state index in [4.69, 9.17) is 12.2 Å². The lowest BCUT2D eigenvalue weighted by Crippen LogP contribution is -1.95. The highest BCUT2D eigenvalue weighted by atomic mass is 32.1. The van der Waals surface area contributed by atoms with E-state index < -0.39 is 0 Å². The summed E-state index contributed by atoms with van der Waals surface area (Å²) in [5.74, 6) is 0. The molecule has 0 aliphatic rings. The fourth-order valence-electron chi connectivity index (χ4n) is 1.73. The van der Waals surface area contributed by atoms with Gasteiger partial charge in [-0.05, 0) is 36.5 Å². The second kappa shape index (κ2) is 6.06. The summed E-state index contributed by atoms with van der Waals surface area (Å²) >= 11 is 4.93. The van der Waals surface area contributed by atoms with Crippen molar-refractivity contribution < 1.29 is 0 Å². The second-order valence-corrected chi connectivity index (χ2v) is 4.43. The number of hydrogen-bond acceptors (Lipinski definition) is 5. The number of benzene rings is 2. The Hall–Kier alpha value is -2.87. The molecule has 104 valence electrons. The minimum atomic E-state index is 0.432. The highest BCUT2D eigenvalue weighted by Gasteiger charge is 1.96. The quantitative estimate of drug-likeness (QED) is 0.526. The van der Waals surface area contributed by atoms with Gasteiger partial charge in [-0.2, -0.15) is 20.6 Å². The van der Waals surface area contributed by atoms with Crippen LogP contribution in [0.1, 0.15) is 0 Å². The highest BCUT2D eigenvalue weighted by Crippen LogP contribution is 2.04. The smallest absolute Gasteiger partial charge is 0.210 e. The van der Waals surface area contributed by atoms with E-state index in [9.17, 15) is 0 Å². The maximum Gasteiger partial charge on any atom is 0.242 e. The molecule has 21 heavy (non-hydrogen) atoms. The molecule has 0 unspecified atom stereocenters. The molecule has 0 bridgehead atoms. The Morgan fingerprint density at radius 3 is 2.05 bits per heavy atom. The molecule has 0 radical (unpaired) electrons. The maximum atomic E-state index is 4.93. The Morgan fingerprint density at radius 2 is 1.48 bits per heavy atom. The van der Waals surface area contributed by atoms with E-state index in [0.717, 1.165) is 16.7 Å². The molecule has 0 amide bonds. The molecule has 4 aromatic rings. The van der Waals surface area contributed by atoms with Gasteiger partial charge in [-0.15, -0.1) is 0 Å². The molecule has 0 saturated carbocycles. The minimum Gasteiger partial charge on any atom is -0.210 e. The van der Waals surface area contributed by atoms with Crippen molar-refractivity contribution in [3.63, 3.8) is 0 Å². The number of H-pyrrole nitrogens is 2. The SMILES string of the molecule is S=c1nn[nH]n1-c1ccccc1.c1ccc2n[nH]nc2c1. The first kappa shape index (κ1) is 13.1. The standard InChI is InChI=1S/C7H6N4S.C6H5N3/c12-7-8-9-10-11(7)6-4-2-1-3-5-6;1-2-4-6-5(3-1)7-9-8-6/h1-5H,(H,8,10,12);1-4H,(H,7,8,9). The molecule has 2 heterocycles. The number of nitrogens with zero attached hydrogens (tertiary/aromatic N) is 5. The van der Waals surface area contributed by atoms with Crippen LogP contribution in [-0.4, -0.2) is 35.6 Å². The lowest BCUT2D eigenvalue weighted by Gasteiger charge is -1.97. The topological polar surface area (TPSA) is 88.1 Å². The van der Waals surface area contributed by atoms with Gasteiger partial charge in [0.2, 0.25) is 4.77 Å². The van der Waals surface area contributed by atoms with Crippen molar-refractivity contribution in [3.8, 4) is 5.69 Å². The summed E-state index contributed by atoms with van der Waals surface area (Å²) in [4.78, 5) is 0. The molecule has 2 aromatic carbocycles. The van der Waals surface area contributed by atoms with Gasteiger partial charge < -0.3 is 0 Å². The largest absolute Gasteiger partial charge is 0.242 e. The normalized spacial score (nSPS) is 10.1. The predicted molar refractivity (Wildman–Crippen MR) is 80.4 cm³/mol. The van der Waals surface area contributed by atoms with Gasteiger partial charge in [0.15, 0.2) is 0 Å². The van der Waals surface area contributed by atoms with E-state index in [1.54, 1.807) is 4.68 Å². The van der Waals surface area contributed by atoms with Crippen LogP contribution in [0.4, 0.5) is 0 Å². The summed E-state index contributed by atoms with van der Waals surface area (Å²) in [5, 5.41) is 20.2. The Kier molecular flexibility index (Phi) is 3.79. The van der Waals surface area contributed by atoms with Crippen LogP contribution in [0.3, 0.4) is 0 Å². The summed E-state index contributed by atoms with van der Waals surface area (Å²) in [6.07, 6.45) is 0. The van der Waals surface area contributed by atoms with Crippen molar-refractivity contribution in [2.45, 2.75) is 0 Å². The molecule has 0 saturated heterocycles. The zero-order chi connectivity index (χ0) is 14.5. The average molecular weight is 297 g/mol. The predicted octanol–water partition coefficient (Wildman–Crippen LogP) is 2.28. The first-order chi connectivity index (χ1) is 10.3. The van der Waals surface area contributed by atoms with Crippen molar-refractivity contribution in [1.29, 1.82) is 0 Å². The van der Waals surface area contributed by atoms with Gasteiger partial charge in [0, 0.05) is 0 Å². The van der Waals surface area contributed by atoms with Crippen LogP contribution in [0.15, 0.2) is 54.6 Å². The van der Waals surface area contributed by atoms with Crippen LogP contribution >= 0.6 is 12.2 Å². The van der Waals surface area contributed by atoms with Crippen LogP contribution in [0.5, 0.6) is 0 Å². The molecule has 0 spiro atoms. The molecule has 2 N–H and O–H groups in total. The zero-order valence-electron chi connectivity index (χ0n) is 10.8. The number of tetrazole rings is 1. The summed E-state index contributed by atoms with van der Waals surface area (Å²) in [6.45, 7) is 0. The number of fused-ring (bicyclic) bond motifs is 1. The summed E-state index contributed by atoms with van der Waals surface area (Å²) in [7, 11) is 0. The monoisotopic (exact) mass is 297 g/mol. The van der Waals surface area contributed by atoms with Crippen LogP contribution in [0.2, 0.25) is 0 Å². The van der Waals surface area contributed by atoms with Gasteiger partial charge in [0.1, 0.15) is 11.0 Å². The summed E-state index contributed by atoms with van der Waals surface area (Å²) in [5.41, 5.74) is 2.77. The van der Waals surface area contributed by atoms with Gasteiger partial charge in [0.25, 0.3) is 0 Å². The van der Waals surface area contributed by atoms with E-state index in [-0.39, 0.29) is 0 Å². The summed E-state index contributed by atoms with van der Waals surface area (Å²) in [6, 6.07) is 17.4. The van der Waals surface area contributed by atoms with Crippen LogP contribution in [0.25, 0.3) is 16.7 Å². The van der Waals surface area contributed by atoms with E-state index in [1.807, 2.05) is 54.6 Å². The molecule has 8 heteroatoms. The van der Waals surface area contributed by atoms with Crippen molar-refractivity contribution in [3.05, 3.63) is 59.4 Å². The van der Waals surface area contributed by atoms with Crippen molar-refractivity contribution in [2.24, 2.45) is 0 Å². The maximum absolute atomic E-state index is 4.93. The van der Waals surface area contributed by atoms with Gasteiger partial charge in [-0.1, -0.05) is 40.6 Å². The third kappa shape index (κ3) is 3.00. The van der Waals surface area contributed by atoms with Crippen molar-refractivity contribution in [1.82, 2.24) is 35.6 Å². The van der Waals surface area contributed by atoms with E-state index in [1.165, 1.54) is 0 Å². The lowest BCUT2D eigenvalue weighted by atomic mass is 10.3. The number of para-hydroxylation sites is 3. The third-order valence-corrected chi connectivity index (χ3v) is 2.97. The van der Waals surface area contributed by atoms with Crippen LogP contribution in [-0.2, 0) is 0 Å². The molecular formula is C13H11N7S. The second-order valence-electron chi connectivity index (χ2n) is 4.07. The van der Waals surface area contributed by atoms with E-state index in [2.05, 4.69) is 30.9 Å². The van der Waals surface area contributed by atoms with E-state index in [0.29, 0.717) is 4.77 Å². The molecule has 2 aromatic heterocycles. The van der Waals surface area contributed by atoms with E-state index >= 15 is 0 Å². The molecule has 0 aliphatic carbocycles. The number of nitrogens with one attached hydrogen (secondary N) is 2. The number of hydrogen-bond donors (Lipinski definition) is 2. The minimum absolute atomic E-state index is 0.432.